The van der Waals surface area contributed by atoms with Gasteiger partial charge in [-0.25, -0.2) is 9.97 Å². The van der Waals surface area contributed by atoms with Gasteiger partial charge in [-0.2, -0.15) is 5.10 Å². The number of anilines is 2. The zero-order valence-corrected chi connectivity index (χ0v) is 19.6. The van der Waals surface area contributed by atoms with Crippen LogP contribution < -0.4 is 5.32 Å². The topological polar surface area (TPSA) is 96.0 Å². The molecule has 0 radical (unpaired) electrons. The van der Waals surface area contributed by atoms with Crippen LogP contribution in [0.1, 0.15) is 16.9 Å². The fraction of sp³-hybridized carbons (Fsp3) is 0.364. The number of amides is 1. The Bertz CT molecular complexity index is 1330. The van der Waals surface area contributed by atoms with Crippen LogP contribution in [0.4, 0.5) is 11.5 Å². The first-order chi connectivity index (χ1) is 15.7. The number of H-pyrrole nitrogens is 1. The van der Waals surface area contributed by atoms with Gasteiger partial charge in [0, 0.05) is 33.7 Å². The van der Waals surface area contributed by atoms with Crippen LogP contribution in [0.2, 0.25) is 0 Å². The standard InChI is InChI=1S/C22H21BrN6O2S/c23-15-9-16-13(10-26-28-16)7-17(15)27-20-19-14-2-1-12(22(30)29-3-5-31-6-4-29)8-18(14)32-21(19)25-11-24-20/h7,9-12H,1-6,8H2,(H,26,28)(H,24,25,27)/t12-/m0/s1. The molecule has 3 aromatic heterocycles. The number of hydrogen-bond acceptors (Lipinski definition) is 7. The number of aryl methyl sites for hydroxylation is 1. The molecular weight excluding hydrogens is 492 g/mol. The summed E-state index contributed by atoms with van der Waals surface area (Å²) in [5.41, 5.74) is 3.17. The van der Waals surface area contributed by atoms with Crippen molar-refractivity contribution in [3.63, 3.8) is 0 Å². The minimum absolute atomic E-state index is 0.0377. The van der Waals surface area contributed by atoms with Crippen LogP contribution in [-0.4, -0.2) is 57.3 Å². The summed E-state index contributed by atoms with van der Waals surface area (Å²) in [6.45, 7) is 2.67. The number of benzene rings is 1. The van der Waals surface area contributed by atoms with Crippen LogP contribution in [0.3, 0.4) is 0 Å². The molecule has 0 saturated carbocycles. The normalized spacial score (nSPS) is 18.8. The third kappa shape index (κ3) is 3.46. The minimum atomic E-state index is 0.0377. The molecule has 4 heterocycles. The van der Waals surface area contributed by atoms with E-state index < -0.39 is 0 Å². The average molecular weight is 513 g/mol. The zero-order valence-electron chi connectivity index (χ0n) is 17.2. The quantitative estimate of drug-likeness (QED) is 0.430. The lowest BCUT2D eigenvalue weighted by atomic mass is 9.86. The van der Waals surface area contributed by atoms with Gasteiger partial charge in [-0.15, -0.1) is 11.3 Å². The molecule has 1 atom stereocenters. The van der Waals surface area contributed by atoms with E-state index in [1.54, 1.807) is 23.9 Å². The van der Waals surface area contributed by atoms with Gasteiger partial charge in [-0.1, -0.05) is 0 Å². The number of aromatic nitrogens is 4. The van der Waals surface area contributed by atoms with Crippen molar-refractivity contribution in [2.24, 2.45) is 5.92 Å². The molecule has 0 unspecified atom stereocenters. The monoisotopic (exact) mass is 512 g/mol. The predicted molar refractivity (Wildman–Crippen MR) is 127 cm³/mol. The van der Waals surface area contributed by atoms with Crippen molar-refractivity contribution in [1.29, 1.82) is 0 Å². The second-order valence-corrected chi connectivity index (χ2v) is 10.1. The predicted octanol–water partition coefficient (Wildman–Crippen LogP) is 4.04. The van der Waals surface area contributed by atoms with Crippen molar-refractivity contribution < 1.29 is 9.53 Å². The van der Waals surface area contributed by atoms with Gasteiger partial charge in [-0.05, 0) is 52.9 Å². The van der Waals surface area contributed by atoms with E-state index in [0.29, 0.717) is 26.3 Å². The fourth-order valence-electron chi connectivity index (χ4n) is 4.65. The number of morpholine rings is 1. The van der Waals surface area contributed by atoms with E-state index in [-0.39, 0.29) is 11.8 Å². The maximum Gasteiger partial charge on any atom is 0.226 e. The summed E-state index contributed by atoms with van der Waals surface area (Å²) in [5, 5.41) is 12.7. The molecule has 10 heteroatoms. The summed E-state index contributed by atoms with van der Waals surface area (Å²) in [7, 11) is 0. The molecule has 0 spiro atoms. The van der Waals surface area contributed by atoms with Gasteiger partial charge in [0.2, 0.25) is 5.91 Å². The van der Waals surface area contributed by atoms with Crippen molar-refractivity contribution in [3.8, 4) is 0 Å². The molecule has 1 fully saturated rings. The number of ether oxygens (including phenoxy) is 1. The second kappa shape index (κ2) is 8.09. The summed E-state index contributed by atoms with van der Waals surface area (Å²) in [5.74, 6) is 1.10. The van der Waals surface area contributed by atoms with Crippen molar-refractivity contribution in [2.45, 2.75) is 19.3 Å². The Labute approximate surface area is 196 Å². The largest absolute Gasteiger partial charge is 0.378 e. The Morgan fingerprint density at radius 2 is 2.16 bits per heavy atom. The Balaban J connectivity index is 1.32. The smallest absolute Gasteiger partial charge is 0.226 e. The van der Waals surface area contributed by atoms with Crippen LogP contribution in [0.15, 0.2) is 29.1 Å². The maximum atomic E-state index is 13.0. The van der Waals surface area contributed by atoms with E-state index in [1.165, 1.54) is 10.4 Å². The van der Waals surface area contributed by atoms with E-state index in [4.69, 9.17) is 4.74 Å². The lowest BCUT2D eigenvalue weighted by molar-refractivity contribution is -0.140. The van der Waals surface area contributed by atoms with Crippen LogP contribution in [0.25, 0.3) is 21.1 Å². The first kappa shape index (κ1) is 20.1. The number of halogens is 1. The minimum Gasteiger partial charge on any atom is -0.378 e. The van der Waals surface area contributed by atoms with E-state index in [2.05, 4.69) is 41.4 Å². The number of rotatable bonds is 3. The van der Waals surface area contributed by atoms with Gasteiger partial charge in [0.05, 0.1) is 36.0 Å². The number of aromatic amines is 1. The number of nitrogens with zero attached hydrogens (tertiary/aromatic N) is 4. The van der Waals surface area contributed by atoms with Gasteiger partial charge in [0.15, 0.2) is 0 Å². The van der Waals surface area contributed by atoms with Gasteiger partial charge in [0.25, 0.3) is 0 Å². The number of carbonyl (C=O) groups is 1. The van der Waals surface area contributed by atoms with Gasteiger partial charge in [-0.3, -0.25) is 9.89 Å². The molecule has 2 N–H and O–H groups in total. The SMILES string of the molecule is O=C([C@H]1CCc2c(sc3ncnc(Nc4cc5cn[nH]c5cc4Br)c23)C1)N1CCOCC1. The van der Waals surface area contributed by atoms with Gasteiger partial charge >= 0.3 is 0 Å². The highest BCUT2D eigenvalue weighted by atomic mass is 79.9. The van der Waals surface area contributed by atoms with Crippen molar-refractivity contribution >= 4 is 65.8 Å². The molecule has 1 amide bonds. The Hall–Kier alpha value is -2.56. The second-order valence-electron chi connectivity index (χ2n) is 8.20. The van der Waals surface area contributed by atoms with Crippen LogP contribution >= 0.6 is 27.3 Å². The van der Waals surface area contributed by atoms with Crippen molar-refractivity contribution in [1.82, 2.24) is 25.1 Å². The number of carbonyl (C=O) groups excluding carboxylic acids is 1. The number of thiophene rings is 1. The molecule has 32 heavy (non-hydrogen) atoms. The summed E-state index contributed by atoms with van der Waals surface area (Å²) in [6, 6.07) is 4.06. The lowest BCUT2D eigenvalue weighted by Crippen LogP contribution is -2.44. The van der Waals surface area contributed by atoms with Crippen LogP contribution in [-0.2, 0) is 22.4 Å². The first-order valence-electron chi connectivity index (χ1n) is 10.7. The summed E-state index contributed by atoms with van der Waals surface area (Å²) >= 11 is 5.34. The lowest BCUT2D eigenvalue weighted by Gasteiger charge is -2.31. The summed E-state index contributed by atoms with van der Waals surface area (Å²) < 4.78 is 6.33. The van der Waals surface area contributed by atoms with E-state index in [1.807, 2.05) is 17.0 Å². The highest BCUT2D eigenvalue weighted by Crippen LogP contribution is 2.41. The maximum absolute atomic E-state index is 13.0. The van der Waals surface area contributed by atoms with Crippen molar-refractivity contribution in [3.05, 3.63) is 39.6 Å². The van der Waals surface area contributed by atoms with E-state index >= 15 is 0 Å². The van der Waals surface area contributed by atoms with Crippen molar-refractivity contribution in [2.75, 3.05) is 31.6 Å². The highest BCUT2D eigenvalue weighted by molar-refractivity contribution is 9.10. The molecule has 164 valence electrons. The zero-order chi connectivity index (χ0) is 21.7. The summed E-state index contributed by atoms with van der Waals surface area (Å²) in [6.07, 6.45) is 5.90. The molecule has 8 nitrogen and oxygen atoms in total. The Kier molecular flexibility index (Phi) is 5.08. The molecule has 1 aliphatic carbocycles. The Morgan fingerprint density at radius 1 is 1.28 bits per heavy atom. The first-order valence-corrected chi connectivity index (χ1v) is 12.3. The van der Waals surface area contributed by atoms with Gasteiger partial charge < -0.3 is 15.0 Å². The van der Waals surface area contributed by atoms with Crippen LogP contribution in [0.5, 0.6) is 0 Å². The summed E-state index contributed by atoms with van der Waals surface area (Å²) in [4.78, 5) is 26.3. The number of fused-ring (bicyclic) bond motifs is 4. The van der Waals surface area contributed by atoms with Crippen LogP contribution in [0, 0.1) is 5.92 Å². The molecule has 2 aliphatic rings. The number of hydrogen-bond donors (Lipinski definition) is 2. The molecule has 0 bridgehead atoms. The molecule has 1 saturated heterocycles. The number of nitrogens with one attached hydrogen (secondary N) is 2. The van der Waals surface area contributed by atoms with E-state index in [9.17, 15) is 4.79 Å². The molecular formula is C22H21BrN6O2S. The molecule has 4 aromatic rings. The third-order valence-electron chi connectivity index (χ3n) is 6.30. The van der Waals surface area contributed by atoms with Gasteiger partial charge in [0.1, 0.15) is 17.0 Å². The average Bonchev–Trinajstić information content (AvgIpc) is 3.43. The highest BCUT2D eigenvalue weighted by Gasteiger charge is 2.32. The Morgan fingerprint density at radius 3 is 3.03 bits per heavy atom. The molecule has 1 aromatic carbocycles. The van der Waals surface area contributed by atoms with E-state index in [0.717, 1.165) is 56.4 Å². The molecule has 6 rings (SSSR count). The molecule has 1 aliphatic heterocycles. The fourth-order valence-corrected chi connectivity index (χ4v) is 6.36. The third-order valence-corrected chi connectivity index (χ3v) is 8.12.